The summed E-state index contributed by atoms with van der Waals surface area (Å²) in [7, 11) is -0.893. The van der Waals surface area contributed by atoms with Crippen molar-refractivity contribution in [1.29, 1.82) is 0 Å². The zero-order valence-corrected chi connectivity index (χ0v) is 17.6. The van der Waals surface area contributed by atoms with Gasteiger partial charge >= 0.3 is 0 Å². The van der Waals surface area contributed by atoms with Gasteiger partial charge in [0.1, 0.15) is 11.9 Å². The first-order valence-corrected chi connectivity index (χ1v) is 10.5. The second-order valence-corrected chi connectivity index (χ2v) is 10.7. The average Bonchev–Trinajstić information content (AvgIpc) is 2.69. The van der Waals surface area contributed by atoms with Crippen LogP contribution >= 0.6 is 0 Å². The van der Waals surface area contributed by atoms with Gasteiger partial charge in [0, 0.05) is 5.56 Å². The van der Waals surface area contributed by atoms with Crippen LogP contribution in [-0.2, 0) is 10.0 Å². The van der Waals surface area contributed by atoms with Crippen molar-refractivity contribution in [3.8, 4) is 0 Å². The third-order valence-electron chi connectivity index (χ3n) is 4.51. The molecule has 3 rings (SSSR count). The average molecular weight is 375 g/mol. The topological polar surface area (TPSA) is 26.3 Å². The largest absolute Gasteiger partial charge is 0.406 e. The van der Waals surface area contributed by atoms with E-state index in [0.717, 1.165) is 23.0 Å². The molecule has 138 valence electrons. The van der Waals surface area contributed by atoms with Gasteiger partial charge in [-0.05, 0) is 27.8 Å². The Bertz CT molecular complexity index is 844. The molecule has 2 nitrogen and oxygen atoms in total. The Kier molecular flexibility index (Phi) is 5.73. The maximum atomic E-state index is 11.4. The predicted octanol–water partition coefficient (Wildman–Crippen LogP) is 5.11. The molecule has 0 heterocycles. The van der Waals surface area contributed by atoms with Crippen molar-refractivity contribution < 1.29 is 9.22 Å². The highest BCUT2D eigenvalue weighted by Gasteiger charge is 2.38. The Balaban J connectivity index is 2.29. The van der Waals surface area contributed by atoms with Crippen molar-refractivity contribution in [1.82, 2.24) is 0 Å². The minimum Gasteiger partial charge on any atom is -0.406 e. The van der Waals surface area contributed by atoms with E-state index in [1.807, 2.05) is 54.6 Å². The zero-order chi connectivity index (χ0) is 19.3. The van der Waals surface area contributed by atoms with Crippen molar-refractivity contribution in [2.45, 2.75) is 31.4 Å². The molecule has 3 aromatic rings. The zero-order valence-electron chi connectivity index (χ0n) is 16.2. The molecule has 0 aromatic heterocycles. The van der Waals surface area contributed by atoms with Crippen molar-refractivity contribution in [2.24, 2.45) is 0 Å². The van der Waals surface area contributed by atoms with Crippen molar-refractivity contribution in [3.63, 3.8) is 0 Å². The number of rotatable bonds is 6. The molecule has 0 unspecified atom stereocenters. The van der Waals surface area contributed by atoms with Crippen LogP contribution in [0.25, 0.3) is 0 Å². The highest BCUT2D eigenvalue weighted by atomic mass is 28.2. The van der Waals surface area contributed by atoms with Gasteiger partial charge in [0.25, 0.3) is 0 Å². The fourth-order valence-electron chi connectivity index (χ4n) is 3.25. The van der Waals surface area contributed by atoms with Crippen LogP contribution < -0.4 is 0 Å². The normalized spacial score (nSPS) is 12.4. The Morgan fingerprint density at radius 1 is 0.741 bits per heavy atom. The lowest BCUT2D eigenvalue weighted by molar-refractivity contribution is 0.112. The van der Waals surface area contributed by atoms with Gasteiger partial charge in [0.15, 0.2) is 9.76 Å². The molecule has 0 aliphatic carbocycles. The van der Waals surface area contributed by atoms with Crippen LogP contribution in [0.2, 0.25) is 5.04 Å². The summed E-state index contributed by atoms with van der Waals surface area (Å²) < 4.78 is 6.87. The third kappa shape index (κ3) is 4.26. The molecule has 3 heteroatoms. The van der Waals surface area contributed by atoms with Gasteiger partial charge in [0.2, 0.25) is 0 Å². The lowest BCUT2D eigenvalue weighted by Crippen LogP contribution is -2.36. The smallest absolute Gasteiger partial charge is 0.169 e. The number of aldehydes is 1. The molecule has 0 N–H and O–H groups in total. The van der Waals surface area contributed by atoms with Crippen LogP contribution in [0, 0.1) is 0 Å². The summed E-state index contributed by atoms with van der Waals surface area (Å²) in [5.41, 5.74) is 3.08. The van der Waals surface area contributed by atoms with Crippen LogP contribution in [0.15, 0.2) is 84.9 Å². The van der Waals surface area contributed by atoms with Gasteiger partial charge in [0.05, 0.1) is 0 Å². The highest BCUT2D eigenvalue weighted by molar-refractivity contribution is 6.32. The lowest BCUT2D eigenvalue weighted by atomic mass is 9.80. The van der Waals surface area contributed by atoms with Crippen LogP contribution in [0.1, 0.15) is 47.8 Å². The maximum Gasteiger partial charge on any atom is 0.169 e. The summed E-state index contributed by atoms with van der Waals surface area (Å²) in [5.74, 6) is 0. The number of benzene rings is 3. The molecule has 0 bridgehead atoms. The van der Waals surface area contributed by atoms with Crippen LogP contribution in [0.5, 0.6) is 0 Å². The van der Waals surface area contributed by atoms with Crippen molar-refractivity contribution in [3.05, 3.63) is 107 Å². The Labute approximate surface area is 164 Å². The van der Waals surface area contributed by atoms with E-state index in [2.05, 4.69) is 51.1 Å². The van der Waals surface area contributed by atoms with Crippen molar-refractivity contribution >= 4 is 16.0 Å². The Hall–Kier alpha value is -2.49. The second kappa shape index (κ2) is 8.03. The summed E-state index contributed by atoms with van der Waals surface area (Å²) in [6.07, 6.45) is 0.894. The molecule has 0 atom stereocenters. The second-order valence-electron chi connectivity index (χ2n) is 8.01. The minimum absolute atomic E-state index is 0.136. The summed E-state index contributed by atoms with van der Waals surface area (Å²) in [5, 5.41) is 0.136. The monoisotopic (exact) mass is 374 g/mol. The van der Waals surface area contributed by atoms with Crippen LogP contribution in [0.4, 0.5) is 0 Å². The van der Waals surface area contributed by atoms with Gasteiger partial charge in [-0.15, -0.1) is 0 Å². The van der Waals surface area contributed by atoms with Gasteiger partial charge in [-0.25, -0.2) is 0 Å². The first-order chi connectivity index (χ1) is 13.0. The van der Waals surface area contributed by atoms with Crippen molar-refractivity contribution in [2.75, 3.05) is 0 Å². The standard InChI is InChI=1S/C24H26O2Si/c1-23(2,3)27-26-24(20-12-6-4-7-13-20,21-14-8-5-9-15-21)22-16-10-11-19(17-22)18-25/h4-18H,27H2,1-3H3. The van der Waals surface area contributed by atoms with E-state index in [1.165, 1.54) is 0 Å². The molecule has 0 spiro atoms. The Morgan fingerprint density at radius 3 is 1.74 bits per heavy atom. The minimum atomic E-state index is -0.893. The van der Waals surface area contributed by atoms with Crippen LogP contribution in [0.3, 0.4) is 0 Å². The van der Waals surface area contributed by atoms with Gasteiger partial charge in [-0.2, -0.15) is 0 Å². The molecular weight excluding hydrogens is 348 g/mol. The molecule has 0 aliphatic heterocycles. The molecule has 27 heavy (non-hydrogen) atoms. The molecule has 0 saturated heterocycles. The first-order valence-electron chi connectivity index (χ1n) is 9.26. The number of hydrogen-bond acceptors (Lipinski definition) is 2. The van der Waals surface area contributed by atoms with E-state index >= 15 is 0 Å². The van der Waals surface area contributed by atoms with E-state index in [4.69, 9.17) is 4.43 Å². The highest BCUT2D eigenvalue weighted by Crippen LogP contribution is 2.42. The summed E-state index contributed by atoms with van der Waals surface area (Å²) in [4.78, 5) is 11.4. The Morgan fingerprint density at radius 2 is 1.26 bits per heavy atom. The van der Waals surface area contributed by atoms with E-state index in [0.29, 0.717) is 5.56 Å². The van der Waals surface area contributed by atoms with Crippen LogP contribution in [-0.4, -0.2) is 16.0 Å². The predicted molar refractivity (Wildman–Crippen MR) is 114 cm³/mol. The number of carbonyl (C=O) groups excluding carboxylic acids is 1. The molecular formula is C24H26O2Si. The third-order valence-corrected chi connectivity index (χ3v) is 5.95. The SMILES string of the molecule is CC(C)(C)[SiH2]OC(c1ccccc1)(c1ccccc1)c1cccc(C=O)c1. The fourth-order valence-corrected chi connectivity index (χ4v) is 4.40. The van der Waals surface area contributed by atoms with Gasteiger partial charge < -0.3 is 4.43 Å². The first kappa shape index (κ1) is 19.3. The molecule has 3 aromatic carbocycles. The molecule has 0 amide bonds. The summed E-state index contributed by atoms with van der Waals surface area (Å²) >= 11 is 0. The quantitative estimate of drug-likeness (QED) is 0.340. The maximum absolute atomic E-state index is 11.4. The molecule has 0 fully saturated rings. The van der Waals surface area contributed by atoms with E-state index in [9.17, 15) is 4.79 Å². The lowest BCUT2D eigenvalue weighted by Gasteiger charge is -2.38. The molecule has 0 radical (unpaired) electrons. The van der Waals surface area contributed by atoms with Gasteiger partial charge in [-0.3, -0.25) is 4.79 Å². The summed E-state index contributed by atoms with van der Waals surface area (Å²) in [6.45, 7) is 6.67. The molecule has 0 saturated carbocycles. The molecule has 0 aliphatic rings. The van der Waals surface area contributed by atoms with E-state index in [-0.39, 0.29) is 5.04 Å². The summed E-state index contributed by atoms with van der Waals surface area (Å²) in [6, 6.07) is 28.4. The van der Waals surface area contributed by atoms with E-state index in [1.54, 1.807) is 0 Å². The number of carbonyl (C=O) groups is 1. The number of hydrogen-bond donors (Lipinski definition) is 0. The fraction of sp³-hybridized carbons (Fsp3) is 0.208. The van der Waals surface area contributed by atoms with Gasteiger partial charge in [-0.1, -0.05) is 99.6 Å². The van der Waals surface area contributed by atoms with E-state index < -0.39 is 15.4 Å².